The molecule has 2 aromatic heterocycles. The van der Waals surface area contributed by atoms with Gasteiger partial charge in [-0.1, -0.05) is 6.07 Å². The van der Waals surface area contributed by atoms with E-state index in [1.807, 2.05) is 0 Å². The third-order valence-electron chi connectivity index (χ3n) is 2.65. The highest BCUT2D eigenvalue weighted by molar-refractivity contribution is 5.45. The first-order valence-electron chi connectivity index (χ1n) is 6.25. The Balaban J connectivity index is 2.03. The van der Waals surface area contributed by atoms with Crippen molar-refractivity contribution in [2.24, 2.45) is 0 Å². The highest BCUT2D eigenvalue weighted by Gasteiger charge is 2.28. The molecule has 2 heterocycles. The van der Waals surface area contributed by atoms with Crippen LogP contribution in [-0.2, 0) is 6.54 Å². The fourth-order valence-corrected chi connectivity index (χ4v) is 1.59. The van der Waals surface area contributed by atoms with Crippen LogP contribution in [0.2, 0.25) is 0 Å². The van der Waals surface area contributed by atoms with Crippen LogP contribution in [0.5, 0.6) is 5.88 Å². The molecular formula is C13H8F7N3O. The summed E-state index contributed by atoms with van der Waals surface area (Å²) in [5.74, 6) is -7.34. The number of ether oxygens (including phenoxy) is 1. The zero-order valence-corrected chi connectivity index (χ0v) is 11.6. The van der Waals surface area contributed by atoms with Gasteiger partial charge in [0.25, 0.3) is 11.9 Å². The van der Waals surface area contributed by atoms with Crippen molar-refractivity contribution < 1.29 is 35.5 Å². The topological polar surface area (TPSA) is 47.0 Å². The maximum atomic E-state index is 13.4. The Labute approximate surface area is 130 Å². The molecule has 0 bridgehead atoms. The molecule has 0 spiro atoms. The van der Waals surface area contributed by atoms with Crippen molar-refractivity contribution in [3.05, 3.63) is 47.4 Å². The smallest absolute Gasteiger partial charge is 0.422 e. The van der Waals surface area contributed by atoms with Crippen molar-refractivity contribution >= 4 is 5.69 Å². The molecule has 1 N–H and O–H groups in total. The maximum absolute atomic E-state index is 13.4. The average Bonchev–Trinajstić information content (AvgIpc) is 2.51. The Kier molecular flexibility index (Phi) is 5.10. The monoisotopic (exact) mass is 355 g/mol. The van der Waals surface area contributed by atoms with Crippen LogP contribution in [0.4, 0.5) is 36.4 Å². The number of pyridine rings is 2. The van der Waals surface area contributed by atoms with Gasteiger partial charge in [-0.25, -0.2) is 4.98 Å². The van der Waals surface area contributed by atoms with Gasteiger partial charge in [0.2, 0.25) is 17.5 Å². The van der Waals surface area contributed by atoms with Crippen LogP contribution in [0.15, 0.2) is 18.3 Å². The predicted molar refractivity (Wildman–Crippen MR) is 67.2 cm³/mol. The van der Waals surface area contributed by atoms with Crippen LogP contribution in [0.1, 0.15) is 5.56 Å². The molecule has 0 saturated heterocycles. The lowest BCUT2D eigenvalue weighted by Crippen LogP contribution is -2.19. The number of aromatic nitrogens is 2. The van der Waals surface area contributed by atoms with Crippen molar-refractivity contribution in [2.45, 2.75) is 12.7 Å². The van der Waals surface area contributed by atoms with Gasteiger partial charge in [0.15, 0.2) is 6.61 Å². The van der Waals surface area contributed by atoms with Crippen LogP contribution < -0.4 is 10.1 Å². The van der Waals surface area contributed by atoms with Crippen molar-refractivity contribution in [3.63, 3.8) is 0 Å². The van der Waals surface area contributed by atoms with E-state index in [1.54, 1.807) is 0 Å². The number of nitrogens with one attached hydrogen (secondary N) is 1. The van der Waals surface area contributed by atoms with Gasteiger partial charge in [-0.15, -0.1) is 0 Å². The fourth-order valence-electron chi connectivity index (χ4n) is 1.59. The zero-order valence-electron chi connectivity index (χ0n) is 11.6. The highest BCUT2D eigenvalue weighted by Crippen LogP contribution is 2.23. The Morgan fingerprint density at radius 3 is 2.12 bits per heavy atom. The van der Waals surface area contributed by atoms with Gasteiger partial charge in [-0.2, -0.15) is 35.7 Å². The summed E-state index contributed by atoms with van der Waals surface area (Å²) in [7, 11) is 0. The second kappa shape index (κ2) is 6.89. The minimum atomic E-state index is -4.52. The van der Waals surface area contributed by atoms with E-state index in [0.717, 1.165) is 12.3 Å². The van der Waals surface area contributed by atoms with E-state index < -0.39 is 42.0 Å². The molecule has 0 saturated carbocycles. The first-order chi connectivity index (χ1) is 11.2. The van der Waals surface area contributed by atoms with E-state index >= 15 is 0 Å². The molecule has 24 heavy (non-hydrogen) atoms. The van der Waals surface area contributed by atoms with E-state index in [0.29, 0.717) is 0 Å². The van der Waals surface area contributed by atoms with E-state index in [2.05, 4.69) is 20.0 Å². The van der Waals surface area contributed by atoms with E-state index in [4.69, 9.17) is 0 Å². The maximum Gasteiger partial charge on any atom is 0.422 e. The Hall–Kier alpha value is -2.59. The molecule has 0 aliphatic rings. The molecule has 0 amide bonds. The number of alkyl halides is 3. The molecule has 4 nitrogen and oxygen atoms in total. The molecule has 0 aliphatic carbocycles. The summed E-state index contributed by atoms with van der Waals surface area (Å²) < 4.78 is 92.9. The molecule has 130 valence electrons. The Bertz CT molecular complexity index is 693. The van der Waals surface area contributed by atoms with Gasteiger partial charge in [0, 0.05) is 18.8 Å². The lowest BCUT2D eigenvalue weighted by atomic mass is 10.2. The van der Waals surface area contributed by atoms with Crippen molar-refractivity contribution in [1.29, 1.82) is 0 Å². The lowest BCUT2D eigenvalue weighted by molar-refractivity contribution is -0.154. The molecule has 0 aliphatic heterocycles. The number of anilines is 1. The molecule has 0 unspecified atom stereocenters. The number of nitrogens with zero attached hydrogens (tertiary/aromatic N) is 2. The van der Waals surface area contributed by atoms with E-state index in [1.165, 1.54) is 6.07 Å². The first-order valence-corrected chi connectivity index (χ1v) is 6.25. The largest absolute Gasteiger partial charge is 0.468 e. The fraction of sp³-hybridized carbons (Fsp3) is 0.231. The Morgan fingerprint density at radius 2 is 1.62 bits per heavy atom. The minimum absolute atomic E-state index is 0.269. The molecule has 2 rings (SSSR count). The van der Waals surface area contributed by atoms with Crippen LogP contribution in [0, 0.1) is 23.5 Å². The van der Waals surface area contributed by atoms with Gasteiger partial charge >= 0.3 is 6.18 Å². The van der Waals surface area contributed by atoms with Crippen molar-refractivity contribution in [2.75, 3.05) is 11.9 Å². The summed E-state index contributed by atoms with van der Waals surface area (Å²) >= 11 is 0. The van der Waals surface area contributed by atoms with Crippen LogP contribution >= 0.6 is 0 Å². The molecule has 0 aromatic carbocycles. The van der Waals surface area contributed by atoms with Crippen LogP contribution in [-0.4, -0.2) is 22.8 Å². The number of hydrogen-bond acceptors (Lipinski definition) is 4. The first kappa shape index (κ1) is 17.8. The van der Waals surface area contributed by atoms with Gasteiger partial charge in [-0.05, 0) is 5.56 Å². The Morgan fingerprint density at radius 1 is 1.00 bits per heavy atom. The third-order valence-corrected chi connectivity index (χ3v) is 2.65. The van der Waals surface area contributed by atoms with Gasteiger partial charge in [-0.3, -0.25) is 0 Å². The summed E-state index contributed by atoms with van der Waals surface area (Å²) in [6.07, 6.45) is -3.45. The van der Waals surface area contributed by atoms with Crippen molar-refractivity contribution in [1.82, 2.24) is 9.97 Å². The van der Waals surface area contributed by atoms with Crippen LogP contribution in [0.3, 0.4) is 0 Å². The molecule has 2 aromatic rings. The standard InChI is InChI=1S/C13H8F7N3O/c14-8-10(9(15)12(17)23-11(8)16)22-4-6-1-2-7(21-3-6)24-5-13(18,19)20/h1-3H,4-5H2,(H,22,23). The number of rotatable bonds is 5. The SMILES string of the molecule is Fc1nc(F)c(F)c(NCc2ccc(OCC(F)(F)F)nc2)c1F. The lowest BCUT2D eigenvalue weighted by Gasteiger charge is -2.10. The molecular weight excluding hydrogens is 347 g/mol. The molecule has 0 atom stereocenters. The second-order valence-electron chi connectivity index (χ2n) is 4.46. The number of halogens is 7. The quantitative estimate of drug-likeness (QED) is 0.658. The second-order valence-corrected chi connectivity index (χ2v) is 4.46. The highest BCUT2D eigenvalue weighted by atomic mass is 19.4. The van der Waals surface area contributed by atoms with Crippen LogP contribution in [0.25, 0.3) is 0 Å². The van der Waals surface area contributed by atoms with Gasteiger partial charge in [0.05, 0.1) is 0 Å². The normalized spacial score (nSPS) is 11.5. The average molecular weight is 355 g/mol. The summed E-state index contributed by atoms with van der Waals surface area (Å²) in [6, 6.07) is 2.36. The molecule has 0 fully saturated rings. The summed E-state index contributed by atoms with van der Waals surface area (Å²) in [5, 5.41) is 2.12. The van der Waals surface area contributed by atoms with E-state index in [-0.39, 0.29) is 18.0 Å². The van der Waals surface area contributed by atoms with Gasteiger partial charge < -0.3 is 10.1 Å². The summed E-state index contributed by atoms with van der Waals surface area (Å²) in [4.78, 5) is 5.96. The van der Waals surface area contributed by atoms with Crippen molar-refractivity contribution in [3.8, 4) is 5.88 Å². The zero-order chi connectivity index (χ0) is 17.9. The molecule has 11 heteroatoms. The summed E-state index contributed by atoms with van der Waals surface area (Å²) in [5.41, 5.74) is -0.789. The predicted octanol–water partition coefficient (Wildman–Crippen LogP) is 3.59. The summed E-state index contributed by atoms with van der Waals surface area (Å²) in [6.45, 7) is -1.83. The van der Waals surface area contributed by atoms with Gasteiger partial charge in [0.1, 0.15) is 5.69 Å². The number of hydrogen-bond donors (Lipinski definition) is 1. The molecule has 0 radical (unpaired) electrons. The third kappa shape index (κ3) is 4.46. The minimum Gasteiger partial charge on any atom is -0.468 e. The van der Waals surface area contributed by atoms with E-state index in [9.17, 15) is 30.7 Å².